The number of esters is 1. The van der Waals surface area contributed by atoms with Crippen molar-refractivity contribution in [1.29, 1.82) is 0 Å². The Hall–Kier alpha value is -0.900. The molecule has 0 aromatic heterocycles. The van der Waals surface area contributed by atoms with Crippen molar-refractivity contribution in [1.82, 2.24) is 0 Å². The molecule has 3 rings (SSSR count). The highest BCUT2D eigenvalue weighted by Crippen LogP contribution is 2.61. The molecule has 4 nitrogen and oxygen atoms in total. The summed E-state index contributed by atoms with van der Waals surface area (Å²) < 4.78 is 4.85. The number of carbonyl (C=O) groups is 1. The van der Waals surface area contributed by atoms with Crippen LogP contribution in [0.25, 0.3) is 0 Å². The summed E-state index contributed by atoms with van der Waals surface area (Å²) in [7, 11) is 0. The minimum Gasteiger partial charge on any atom is -0.465 e. The molecule has 4 heteroatoms. The van der Waals surface area contributed by atoms with Gasteiger partial charge in [-0.3, -0.25) is 9.79 Å². The number of hydrogen-bond acceptors (Lipinski definition) is 4. The van der Waals surface area contributed by atoms with Crippen LogP contribution in [0, 0.1) is 17.3 Å². The lowest BCUT2D eigenvalue weighted by molar-refractivity contribution is -0.141. The van der Waals surface area contributed by atoms with Crippen LogP contribution in [0.2, 0.25) is 0 Å². The van der Waals surface area contributed by atoms with Gasteiger partial charge in [-0.1, -0.05) is 13.8 Å². The Balaban J connectivity index is 2.08. The molecule has 0 radical (unpaired) electrons. The van der Waals surface area contributed by atoms with Crippen LogP contribution in [0.3, 0.4) is 0 Å². The Morgan fingerprint density at radius 1 is 1.50 bits per heavy atom. The van der Waals surface area contributed by atoms with Crippen LogP contribution in [0.15, 0.2) is 4.99 Å². The van der Waals surface area contributed by atoms with Crippen LogP contribution >= 0.6 is 0 Å². The number of nitrogens with zero attached hydrogens (tertiary/aromatic N) is 1. The van der Waals surface area contributed by atoms with Crippen LogP contribution in [-0.2, 0) is 9.53 Å². The predicted octanol–water partition coefficient (Wildman–Crippen LogP) is 1.81. The first kappa shape index (κ1) is 13.5. The van der Waals surface area contributed by atoms with Crippen molar-refractivity contribution in [2.24, 2.45) is 22.2 Å². The van der Waals surface area contributed by atoms with E-state index in [4.69, 9.17) is 4.74 Å². The highest BCUT2D eigenvalue weighted by molar-refractivity contribution is 5.95. The van der Waals surface area contributed by atoms with Crippen molar-refractivity contribution in [2.45, 2.75) is 46.1 Å². The van der Waals surface area contributed by atoms with E-state index in [-0.39, 0.29) is 23.8 Å². The van der Waals surface area contributed by atoms with Crippen molar-refractivity contribution >= 4 is 11.7 Å². The van der Waals surface area contributed by atoms with E-state index >= 15 is 0 Å². The zero-order valence-electron chi connectivity index (χ0n) is 11.7. The van der Waals surface area contributed by atoms with Gasteiger partial charge in [0.25, 0.3) is 0 Å². The summed E-state index contributed by atoms with van der Waals surface area (Å²) in [6, 6.07) is 0. The summed E-state index contributed by atoms with van der Waals surface area (Å²) in [5.74, 6) is 0.521. The van der Waals surface area contributed by atoms with Crippen molar-refractivity contribution in [2.75, 3.05) is 13.2 Å². The second kappa shape index (κ2) is 4.34. The molecule has 0 amide bonds. The molecule has 0 saturated heterocycles. The molecule has 0 heterocycles. The molecule has 3 aliphatic carbocycles. The first-order valence-corrected chi connectivity index (χ1v) is 6.72. The maximum atomic E-state index is 11.3. The third-order valence-corrected chi connectivity index (χ3v) is 4.88. The zero-order valence-corrected chi connectivity index (χ0v) is 11.7. The van der Waals surface area contributed by atoms with Crippen molar-refractivity contribution in [3.63, 3.8) is 0 Å². The molecule has 0 aromatic carbocycles. The Morgan fingerprint density at radius 3 is 2.67 bits per heavy atom. The smallest absolute Gasteiger partial charge is 0.327 e. The molecule has 3 atom stereocenters. The molecule has 102 valence electrons. The van der Waals surface area contributed by atoms with Crippen LogP contribution in [0.5, 0.6) is 0 Å². The number of aliphatic imine (C=N–C) groups is 1. The van der Waals surface area contributed by atoms with E-state index < -0.39 is 5.60 Å². The average molecular weight is 255 g/mol. The van der Waals surface area contributed by atoms with Gasteiger partial charge in [0.05, 0.1) is 6.61 Å². The minimum atomic E-state index is -0.870. The summed E-state index contributed by atoms with van der Waals surface area (Å²) in [6.45, 7) is 8.43. The first-order chi connectivity index (χ1) is 8.30. The monoisotopic (exact) mass is 255 g/mol. The molecule has 3 aliphatic rings. The molecule has 0 aliphatic heterocycles. The Kier molecular flexibility index (Phi) is 3.26. The van der Waals surface area contributed by atoms with Crippen LogP contribution in [0.1, 0.15) is 40.5 Å². The van der Waals surface area contributed by atoms with Gasteiger partial charge in [0.15, 0.2) is 0 Å². The average Bonchev–Trinajstić information content (AvgIpc) is 2.26. The Bertz CT molecular complexity index is 385. The molecular weight excluding hydrogens is 232 g/mol. The number of carbonyl (C=O) groups excluding carboxylic acids is 1. The summed E-state index contributed by atoms with van der Waals surface area (Å²) >= 11 is 0. The minimum absolute atomic E-state index is 0.0270. The van der Waals surface area contributed by atoms with Gasteiger partial charge in [-0.15, -0.1) is 0 Å². The molecular formula is C14H23NO3. The van der Waals surface area contributed by atoms with Crippen molar-refractivity contribution < 1.29 is 14.6 Å². The topological polar surface area (TPSA) is 58.9 Å². The van der Waals surface area contributed by atoms with E-state index in [1.54, 1.807) is 6.92 Å². The van der Waals surface area contributed by atoms with E-state index in [2.05, 4.69) is 18.8 Å². The molecule has 0 aromatic rings. The number of hydrogen-bond donors (Lipinski definition) is 1. The summed E-state index contributed by atoms with van der Waals surface area (Å²) in [5, 5.41) is 10.6. The standard InChI is InChI=1S/C14H23NO3/c1-5-18-12(16)8-15-11-7-9-6-10(13(9,2)3)14(11,4)17/h9-10,17H,5-8H2,1-4H3/t9-,10-,14-/m1/s1/i8+1,12+1. The van der Waals surface area contributed by atoms with E-state index in [9.17, 15) is 9.90 Å². The molecule has 2 bridgehead atoms. The first-order valence-electron chi connectivity index (χ1n) is 6.72. The van der Waals surface area contributed by atoms with Gasteiger partial charge in [0.1, 0.15) is 12.1 Å². The summed E-state index contributed by atoms with van der Waals surface area (Å²) in [6.07, 6.45) is 1.87. The molecule has 3 saturated carbocycles. The normalized spacial score (nSPS) is 39.3. The quantitative estimate of drug-likeness (QED) is 0.618. The van der Waals surface area contributed by atoms with Crippen LogP contribution in [0.4, 0.5) is 0 Å². The van der Waals surface area contributed by atoms with Gasteiger partial charge in [-0.25, -0.2) is 0 Å². The van der Waals surface area contributed by atoms with Gasteiger partial charge in [-0.2, -0.15) is 0 Å². The SMILES string of the molecule is CCO[13C](=O)[13CH2]N=C1C[C@H]2C[C@H](C2(C)C)[C@@]1(C)O. The number of ether oxygens (including phenoxy) is 1. The lowest BCUT2D eigenvalue weighted by Gasteiger charge is -2.62. The van der Waals surface area contributed by atoms with Gasteiger partial charge in [-0.05, 0) is 43.9 Å². The van der Waals surface area contributed by atoms with Gasteiger partial charge < -0.3 is 9.84 Å². The lowest BCUT2D eigenvalue weighted by Crippen LogP contribution is -2.64. The van der Waals surface area contributed by atoms with Gasteiger partial charge >= 0.3 is 5.97 Å². The van der Waals surface area contributed by atoms with Crippen molar-refractivity contribution in [3.8, 4) is 0 Å². The van der Waals surface area contributed by atoms with Crippen LogP contribution < -0.4 is 0 Å². The fourth-order valence-electron chi connectivity index (χ4n) is 3.55. The maximum absolute atomic E-state index is 11.3. The predicted molar refractivity (Wildman–Crippen MR) is 69.6 cm³/mol. The molecule has 18 heavy (non-hydrogen) atoms. The third kappa shape index (κ3) is 1.96. The molecule has 0 unspecified atom stereocenters. The maximum Gasteiger partial charge on any atom is 0.327 e. The van der Waals surface area contributed by atoms with Crippen molar-refractivity contribution in [3.05, 3.63) is 0 Å². The van der Waals surface area contributed by atoms with Gasteiger partial charge in [0.2, 0.25) is 0 Å². The summed E-state index contributed by atoms with van der Waals surface area (Å²) in [5.41, 5.74) is 0.0909. The van der Waals surface area contributed by atoms with Gasteiger partial charge in [0, 0.05) is 5.71 Å². The molecule has 1 N–H and O–H groups in total. The fourth-order valence-corrected chi connectivity index (χ4v) is 3.55. The third-order valence-electron chi connectivity index (χ3n) is 4.88. The molecule has 0 spiro atoms. The fraction of sp³-hybridized carbons (Fsp3) is 0.857. The van der Waals surface area contributed by atoms with E-state index in [1.165, 1.54) is 0 Å². The van der Waals surface area contributed by atoms with E-state index in [0.29, 0.717) is 12.5 Å². The second-order valence-corrected chi connectivity index (χ2v) is 6.23. The number of fused-ring (bicyclic) bond motifs is 2. The summed E-state index contributed by atoms with van der Waals surface area (Å²) in [4.78, 5) is 15.6. The largest absolute Gasteiger partial charge is 0.465 e. The zero-order chi connectivity index (χ0) is 13.6. The lowest BCUT2D eigenvalue weighted by atomic mass is 9.44. The highest BCUT2D eigenvalue weighted by atomic mass is 16.6. The highest BCUT2D eigenvalue weighted by Gasteiger charge is 2.61. The number of rotatable bonds is 3. The van der Waals surface area contributed by atoms with E-state index in [1.807, 2.05) is 6.92 Å². The Morgan fingerprint density at radius 2 is 2.17 bits per heavy atom. The Labute approximate surface area is 108 Å². The van der Waals surface area contributed by atoms with Crippen LogP contribution in [-0.4, -0.2) is 35.5 Å². The van der Waals surface area contributed by atoms with E-state index in [0.717, 1.165) is 18.6 Å². The number of aliphatic hydroxyl groups is 1. The second-order valence-electron chi connectivity index (χ2n) is 6.23. The molecule has 3 fully saturated rings.